The normalized spacial score (nSPS) is 17.9. The second-order valence-corrected chi connectivity index (χ2v) is 7.75. The van der Waals surface area contributed by atoms with E-state index in [0.29, 0.717) is 29.4 Å². The number of halogens is 4. The number of nitrogens with two attached hydrogens (primary N) is 1. The Morgan fingerprint density at radius 2 is 1.78 bits per heavy atom. The minimum absolute atomic E-state index is 0.115. The lowest BCUT2D eigenvalue weighted by Crippen LogP contribution is -2.43. The van der Waals surface area contributed by atoms with Gasteiger partial charge >= 0.3 is 11.8 Å². The van der Waals surface area contributed by atoms with Crippen molar-refractivity contribution in [2.45, 2.75) is 44.1 Å². The molecule has 0 spiro atoms. The summed E-state index contributed by atoms with van der Waals surface area (Å²) in [5, 5.41) is 2.69. The van der Waals surface area contributed by atoms with Crippen molar-refractivity contribution in [1.82, 2.24) is 15.2 Å². The minimum Gasteiger partial charge on any atom is -0.441 e. The molecule has 0 radical (unpaired) electrons. The molecule has 1 fully saturated rings. The molecule has 7 nitrogen and oxygen atoms in total. The van der Waals surface area contributed by atoms with Crippen LogP contribution in [0.5, 0.6) is 0 Å². The van der Waals surface area contributed by atoms with E-state index >= 15 is 0 Å². The van der Waals surface area contributed by atoms with Gasteiger partial charge in [0.2, 0.25) is 11.8 Å². The van der Waals surface area contributed by atoms with Crippen LogP contribution in [0.4, 0.5) is 17.6 Å². The third kappa shape index (κ3) is 5.09. The number of unbranched alkanes of at least 4 members (excludes halogenated alkanes) is 1. The highest BCUT2D eigenvalue weighted by atomic mass is 19.3. The third-order valence-electron chi connectivity index (χ3n) is 5.20. The van der Waals surface area contributed by atoms with E-state index in [1.807, 2.05) is 30.3 Å². The first kappa shape index (κ1) is 23.7. The summed E-state index contributed by atoms with van der Waals surface area (Å²) >= 11 is 0. The lowest BCUT2D eigenvalue weighted by molar-refractivity contribution is -0.172. The van der Waals surface area contributed by atoms with E-state index in [1.54, 1.807) is 6.92 Å². The number of rotatable bonds is 8. The van der Waals surface area contributed by atoms with Gasteiger partial charge in [-0.05, 0) is 38.3 Å². The lowest BCUT2D eigenvalue weighted by atomic mass is 10.1. The van der Waals surface area contributed by atoms with Crippen LogP contribution in [0.3, 0.4) is 0 Å². The Hall–Kier alpha value is -2.95. The van der Waals surface area contributed by atoms with Crippen molar-refractivity contribution in [2.24, 2.45) is 5.73 Å². The van der Waals surface area contributed by atoms with E-state index in [-0.39, 0.29) is 18.7 Å². The van der Waals surface area contributed by atoms with E-state index in [1.165, 1.54) is 0 Å². The van der Waals surface area contributed by atoms with Crippen LogP contribution >= 0.6 is 0 Å². The molecule has 2 heterocycles. The van der Waals surface area contributed by atoms with Gasteiger partial charge in [-0.2, -0.15) is 17.6 Å². The maximum absolute atomic E-state index is 13.3. The van der Waals surface area contributed by atoms with Crippen LogP contribution in [0.25, 0.3) is 11.5 Å². The Morgan fingerprint density at radius 3 is 2.41 bits per heavy atom. The average molecular weight is 456 g/mol. The molecule has 3 rings (SSSR count). The van der Waals surface area contributed by atoms with Crippen molar-refractivity contribution < 1.29 is 31.6 Å². The minimum atomic E-state index is -4.26. The molecular weight excluding hydrogens is 432 g/mol. The van der Waals surface area contributed by atoms with Crippen molar-refractivity contribution in [3.63, 3.8) is 0 Å². The average Bonchev–Trinajstić information content (AvgIpc) is 3.23. The van der Waals surface area contributed by atoms with Crippen LogP contribution in [0.15, 0.2) is 34.7 Å². The van der Waals surface area contributed by atoms with Gasteiger partial charge in [0.15, 0.2) is 5.69 Å². The van der Waals surface area contributed by atoms with Crippen LogP contribution in [0, 0.1) is 6.92 Å². The van der Waals surface area contributed by atoms with Gasteiger partial charge in [-0.1, -0.05) is 18.2 Å². The summed E-state index contributed by atoms with van der Waals surface area (Å²) < 4.78 is 58.6. The standard InChI is InChI=1S/C21H24F4N4O3/c1-13-16(28-18(32-13)14-7-3-2-4-8-14)17(30)27-10-6-5-9-15(26)19(31)29-11-20(22,23)21(24,25)12-29/h2-4,7-8,15H,5-6,9-12,26H2,1H3,(H,27,30)/t15-/m0/s1. The molecule has 1 aliphatic heterocycles. The van der Waals surface area contributed by atoms with Crippen molar-refractivity contribution in [3.05, 3.63) is 41.8 Å². The maximum Gasteiger partial charge on any atom is 0.329 e. The molecule has 1 atom stereocenters. The number of likely N-dealkylation sites (tertiary alicyclic amines) is 1. The summed E-state index contributed by atoms with van der Waals surface area (Å²) in [7, 11) is 0. The van der Waals surface area contributed by atoms with E-state index in [0.717, 1.165) is 5.56 Å². The fourth-order valence-corrected chi connectivity index (χ4v) is 3.37. The van der Waals surface area contributed by atoms with Crippen LogP contribution in [0.2, 0.25) is 0 Å². The van der Waals surface area contributed by atoms with Gasteiger partial charge in [0.05, 0.1) is 19.1 Å². The van der Waals surface area contributed by atoms with E-state index < -0.39 is 42.8 Å². The zero-order valence-corrected chi connectivity index (χ0v) is 17.4. The molecule has 2 aromatic rings. The number of nitrogens with one attached hydrogen (secondary N) is 1. The molecule has 1 aromatic carbocycles. The molecular formula is C21H24F4N4O3. The molecule has 1 aliphatic rings. The Balaban J connectivity index is 1.42. The smallest absolute Gasteiger partial charge is 0.329 e. The van der Waals surface area contributed by atoms with E-state index in [2.05, 4.69) is 10.3 Å². The molecule has 32 heavy (non-hydrogen) atoms. The van der Waals surface area contributed by atoms with Crippen molar-refractivity contribution in [2.75, 3.05) is 19.6 Å². The fourth-order valence-electron chi connectivity index (χ4n) is 3.37. The monoisotopic (exact) mass is 456 g/mol. The lowest BCUT2D eigenvalue weighted by Gasteiger charge is -2.19. The quantitative estimate of drug-likeness (QED) is 0.470. The number of aromatic nitrogens is 1. The molecule has 1 saturated heterocycles. The van der Waals surface area contributed by atoms with Crippen molar-refractivity contribution >= 4 is 11.8 Å². The Bertz CT molecular complexity index is 949. The molecule has 3 N–H and O–H groups in total. The number of amides is 2. The van der Waals surface area contributed by atoms with Gasteiger partial charge < -0.3 is 20.4 Å². The highest BCUT2D eigenvalue weighted by Gasteiger charge is 2.64. The number of aryl methyl sites for hydroxylation is 1. The molecule has 0 bridgehead atoms. The molecule has 0 aliphatic carbocycles. The first-order chi connectivity index (χ1) is 15.0. The second-order valence-electron chi connectivity index (χ2n) is 7.75. The predicted octanol–water partition coefficient (Wildman–Crippen LogP) is 2.99. The highest BCUT2D eigenvalue weighted by Crippen LogP contribution is 2.41. The van der Waals surface area contributed by atoms with Gasteiger partial charge in [0.1, 0.15) is 5.76 Å². The first-order valence-corrected chi connectivity index (χ1v) is 10.1. The van der Waals surface area contributed by atoms with Crippen LogP contribution in [0.1, 0.15) is 35.5 Å². The molecule has 2 amide bonds. The number of nitrogens with zero attached hydrogens (tertiary/aromatic N) is 2. The first-order valence-electron chi connectivity index (χ1n) is 10.1. The number of carbonyl (C=O) groups is 2. The van der Waals surface area contributed by atoms with Gasteiger partial charge in [-0.15, -0.1) is 0 Å². The van der Waals surface area contributed by atoms with E-state index in [9.17, 15) is 27.2 Å². The number of benzene rings is 1. The summed E-state index contributed by atoms with van der Waals surface area (Å²) in [5.74, 6) is -9.17. The van der Waals surface area contributed by atoms with Gasteiger partial charge in [0.25, 0.3) is 5.91 Å². The third-order valence-corrected chi connectivity index (χ3v) is 5.20. The van der Waals surface area contributed by atoms with Crippen molar-refractivity contribution in [3.8, 4) is 11.5 Å². The number of carbonyl (C=O) groups excluding carboxylic acids is 2. The molecule has 1 aromatic heterocycles. The highest BCUT2D eigenvalue weighted by molar-refractivity contribution is 5.93. The topological polar surface area (TPSA) is 101 Å². The van der Waals surface area contributed by atoms with Gasteiger partial charge in [-0.25, -0.2) is 4.98 Å². The number of hydrogen-bond donors (Lipinski definition) is 2. The Kier molecular flexibility index (Phi) is 6.87. The summed E-state index contributed by atoms with van der Waals surface area (Å²) in [6.07, 6.45) is 0.950. The van der Waals surface area contributed by atoms with Crippen LogP contribution in [-0.2, 0) is 4.79 Å². The van der Waals surface area contributed by atoms with Crippen LogP contribution < -0.4 is 11.1 Å². The molecule has 0 saturated carbocycles. The summed E-state index contributed by atoms with van der Waals surface area (Å²) in [4.78, 5) is 29.1. The summed E-state index contributed by atoms with van der Waals surface area (Å²) in [6, 6.07) is 7.95. The number of alkyl halides is 4. The Labute approximate surface area is 182 Å². The van der Waals surface area contributed by atoms with Gasteiger partial charge in [-0.3, -0.25) is 9.59 Å². The van der Waals surface area contributed by atoms with Gasteiger partial charge in [0, 0.05) is 12.1 Å². The summed E-state index contributed by atoms with van der Waals surface area (Å²) in [5.41, 5.74) is 6.59. The zero-order valence-electron chi connectivity index (χ0n) is 17.4. The molecule has 0 unspecified atom stereocenters. The Morgan fingerprint density at radius 1 is 1.16 bits per heavy atom. The number of hydrogen-bond acceptors (Lipinski definition) is 5. The van der Waals surface area contributed by atoms with Crippen molar-refractivity contribution in [1.29, 1.82) is 0 Å². The van der Waals surface area contributed by atoms with E-state index in [4.69, 9.17) is 10.2 Å². The maximum atomic E-state index is 13.3. The zero-order chi connectivity index (χ0) is 23.5. The molecule has 11 heteroatoms. The van der Waals surface area contributed by atoms with Crippen LogP contribution in [-0.4, -0.2) is 59.2 Å². The number of oxazole rings is 1. The second kappa shape index (κ2) is 9.27. The largest absolute Gasteiger partial charge is 0.441 e. The molecule has 174 valence electrons. The predicted molar refractivity (Wildman–Crippen MR) is 107 cm³/mol. The SMILES string of the molecule is Cc1oc(-c2ccccc2)nc1C(=O)NCCCC[C@H](N)C(=O)N1CC(F)(F)C(F)(F)C1. The summed E-state index contributed by atoms with van der Waals surface area (Å²) in [6.45, 7) is -0.799. The fraction of sp³-hybridized carbons (Fsp3) is 0.476.